The van der Waals surface area contributed by atoms with Gasteiger partial charge in [-0.3, -0.25) is 0 Å². The van der Waals surface area contributed by atoms with Crippen LogP contribution in [-0.4, -0.2) is 6.03 Å². The first-order chi connectivity index (χ1) is 32.6. The number of anilines is 2. The summed E-state index contributed by atoms with van der Waals surface area (Å²) in [4.78, 5) is 13.6. The molecule has 0 atom stereocenters. The van der Waals surface area contributed by atoms with Gasteiger partial charge in [-0.1, -0.05) is 0 Å². The third-order valence-corrected chi connectivity index (χ3v) is 10.1. The second-order valence-electron chi connectivity index (χ2n) is 15.4. The standard InChI is InChI=1S/C45H20F24N2O/c46-38(47,48)27-3-23(4-28(15-27)39(49,50)51)19-1-20(24-5-29(40(52,53)54)16-30(6-24)41(55,56)57)12-35(11-19)70-37(72)71-36-13-21(25-7-31(42(58,59)60)17-32(8-25)43(61,62)63)2-22(14-36)26-9-33(44(64,65)66)18-34(10-26)45(67,68)69/h1-18H,(H2,70,71,72). The Labute approximate surface area is 385 Å². The van der Waals surface area contributed by atoms with Gasteiger partial charge >= 0.3 is 55.4 Å². The summed E-state index contributed by atoms with van der Waals surface area (Å²) in [5.41, 5.74) is -25.4. The van der Waals surface area contributed by atoms with Crippen molar-refractivity contribution in [2.24, 2.45) is 0 Å². The number of benzene rings is 6. The summed E-state index contributed by atoms with van der Waals surface area (Å²) in [6, 6.07) is 0.714. The Kier molecular flexibility index (Phi) is 13.7. The number of nitrogens with one attached hydrogen (secondary N) is 2. The largest absolute Gasteiger partial charge is 0.416 e. The predicted octanol–water partition coefficient (Wildman–Crippen LogP) is 18.1. The average molecular weight is 1060 g/mol. The van der Waals surface area contributed by atoms with Crippen LogP contribution < -0.4 is 10.6 Å². The predicted molar refractivity (Wildman–Crippen MR) is 207 cm³/mol. The lowest BCUT2D eigenvalue weighted by molar-refractivity contribution is -0.144. The number of carbonyl (C=O) groups excluding carboxylic acids is 1. The summed E-state index contributed by atoms with van der Waals surface area (Å²) in [5.74, 6) is 0. The zero-order chi connectivity index (χ0) is 54.1. The van der Waals surface area contributed by atoms with E-state index >= 15 is 0 Å². The van der Waals surface area contributed by atoms with Crippen LogP contribution in [0.3, 0.4) is 0 Å². The number of amides is 2. The van der Waals surface area contributed by atoms with Crippen LogP contribution in [-0.2, 0) is 49.4 Å². The van der Waals surface area contributed by atoms with Gasteiger partial charge in [0.15, 0.2) is 0 Å². The number of carbonyl (C=O) groups is 1. The highest BCUT2D eigenvalue weighted by Gasteiger charge is 2.41. The summed E-state index contributed by atoms with van der Waals surface area (Å²) >= 11 is 0. The third kappa shape index (κ3) is 12.9. The molecule has 0 unspecified atom stereocenters. The van der Waals surface area contributed by atoms with E-state index in [9.17, 15) is 110 Å². The maximum atomic E-state index is 13.9. The van der Waals surface area contributed by atoms with Crippen molar-refractivity contribution in [3.8, 4) is 44.5 Å². The van der Waals surface area contributed by atoms with Crippen molar-refractivity contribution in [2.45, 2.75) is 49.4 Å². The molecular weight excluding hydrogens is 1040 g/mol. The number of hydrogen-bond donors (Lipinski definition) is 2. The first-order valence-electron chi connectivity index (χ1n) is 19.1. The van der Waals surface area contributed by atoms with Gasteiger partial charge in [0.2, 0.25) is 0 Å². The molecule has 0 aliphatic rings. The third-order valence-electron chi connectivity index (χ3n) is 10.1. The lowest BCUT2D eigenvalue weighted by atomic mass is 9.93. The quantitative estimate of drug-likeness (QED) is 0.160. The molecule has 6 rings (SSSR count). The molecule has 72 heavy (non-hydrogen) atoms. The molecule has 0 fully saturated rings. The number of halogens is 24. The molecule has 384 valence electrons. The van der Waals surface area contributed by atoms with E-state index < -0.39 is 156 Å². The number of alkyl halides is 24. The van der Waals surface area contributed by atoms with Crippen molar-refractivity contribution in [3.63, 3.8) is 0 Å². The van der Waals surface area contributed by atoms with Gasteiger partial charge in [-0.25, -0.2) is 4.79 Å². The Balaban J connectivity index is 1.57. The summed E-state index contributed by atoms with van der Waals surface area (Å²) in [7, 11) is 0. The summed E-state index contributed by atoms with van der Waals surface area (Å²) in [5, 5.41) is 3.78. The molecule has 0 spiro atoms. The van der Waals surface area contributed by atoms with Gasteiger partial charge in [-0.05, 0) is 154 Å². The molecular formula is C45H20F24N2O. The molecule has 0 aliphatic heterocycles. The normalized spacial score (nSPS) is 13.3. The fourth-order valence-electron chi connectivity index (χ4n) is 6.85. The lowest BCUT2D eigenvalue weighted by Gasteiger charge is -2.18. The van der Waals surface area contributed by atoms with Crippen molar-refractivity contribution < 1.29 is 110 Å². The summed E-state index contributed by atoms with van der Waals surface area (Å²) < 4.78 is 333. The maximum Gasteiger partial charge on any atom is 0.416 e. The first kappa shape index (κ1) is 54.2. The molecule has 2 N–H and O–H groups in total. The molecule has 27 heteroatoms. The van der Waals surface area contributed by atoms with Gasteiger partial charge < -0.3 is 10.6 Å². The van der Waals surface area contributed by atoms with Gasteiger partial charge in [0.05, 0.1) is 44.5 Å². The fraction of sp³-hybridized carbons (Fsp3) is 0.178. The highest BCUT2D eigenvalue weighted by molar-refractivity contribution is 6.01. The highest BCUT2D eigenvalue weighted by Crippen LogP contribution is 2.45. The lowest BCUT2D eigenvalue weighted by Crippen LogP contribution is -2.19. The Morgan fingerprint density at radius 3 is 0.500 bits per heavy atom. The molecule has 2 amide bonds. The average Bonchev–Trinajstić information content (AvgIpc) is 3.23. The van der Waals surface area contributed by atoms with Crippen molar-refractivity contribution in [1.82, 2.24) is 0 Å². The minimum Gasteiger partial charge on any atom is -0.308 e. The number of rotatable bonds is 6. The molecule has 0 saturated carbocycles. The SMILES string of the molecule is O=C(Nc1cc(-c2cc(C(F)(F)F)cc(C(F)(F)F)c2)cc(-c2cc(C(F)(F)F)cc(C(F)(F)F)c2)c1)Nc1cc(-c2cc(C(F)(F)F)cc(C(F)(F)F)c2)cc(-c2cc(C(F)(F)F)cc(C(F)(F)F)c2)c1. The van der Waals surface area contributed by atoms with Crippen LogP contribution in [0.2, 0.25) is 0 Å². The van der Waals surface area contributed by atoms with Crippen molar-refractivity contribution in [3.05, 3.63) is 154 Å². The summed E-state index contributed by atoms with van der Waals surface area (Å²) in [6.45, 7) is 0. The van der Waals surface area contributed by atoms with E-state index in [0.717, 1.165) is 0 Å². The minimum atomic E-state index is -5.53. The van der Waals surface area contributed by atoms with E-state index in [1.807, 2.05) is 10.6 Å². The van der Waals surface area contributed by atoms with Crippen LogP contribution >= 0.6 is 0 Å². The van der Waals surface area contributed by atoms with E-state index in [1.54, 1.807) is 0 Å². The topological polar surface area (TPSA) is 41.1 Å². The monoisotopic (exact) mass is 1060 g/mol. The van der Waals surface area contributed by atoms with Crippen LogP contribution in [0.15, 0.2) is 109 Å². The van der Waals surface area contributed by atoms with E-state index in [4.69, 9.17) is 0 Å². The maximum absolute atomic E-state index is 13.9. The van der Waals surface area contributed by atoms with E-state index in [0.29, 0.717) is 36.4 Å². The fourth-order valence-corrected chi connectivity index (χ4v) is 6.85. The van der Waals surface area contributed by atoms with Crippen molar-refractivity contribution >= 4 is 17.4 Å². The Morgan fingerprint density at radius 1 is 0.222 bits per heavy atom. The number of hydrogen-bond acceptors (Lipinski definition) is 1. The molecule has 0 heterocycles. The smallest absolute Gasteiger partial charge is 0.308 e. The minimum absolute atomic E-state index is 0.0778. The van der Waals surface area contributed by atoms with Gasteiger partial charge in [-0.15, -0.1) is 0 Å². The summed E-state index contributed by atoms with van der Waals surface area (Å²) in [6.07, 6.45) is -44.3. The molecule has 0 aliphatic carbocycles. The molecule has 6 aromatic carbocycles. The molecule has 3 nitrogen and oxygen atoms in total. The van der Waals surface area contributed by atoms with E-state index in [2.05, 4.69) is 0 Å². The second kappa shape index (κ2) is 18.2. The van der Waals surface area contributed by atoms with Crippen LogP contribution in [0.4, 0.5) is 122 Å². The van der Waals surface area contributed by atoms with Gasteiger partial charge in [0, 0.05) is 11.4 Å². The molecule has 0 aromatic heterocycles. The highest BCUT2D eigenvalue weighted by atomic mass is 19.4. The number of urea groups is 1. The molecule has 0 radical (unpaired) electrons. The molecule has 6 aromatic rings. The van der Waals surface area contributed by atoms with E-state index in [1.165, 1.54) is 0 Å². The van der Waals surface area contributed by atoms with Crippen LogP contribution in [0.5, 0.6) is 0 Å². The second-order valence-corrected chi connectivity index (χ2v) is 15.4. The Bertz CT molecular complexity index is 2520. The van der Waals surface area contributed by atoms with Crippen molar-refractivity contribution in [1.29, 1.82) is 0 Å². The molecule has 0 bridgehead atoms. The van der Waals surface area contributed by atoms with Crippen molar-refractivity contribution in [2.75, 3.05) is 10.6 Å². The zero-order valence-corrected chi connectivity index (χ0v) is 34.4. The van der Waals surface area contributed by atoms with Gasteiger partial charge in [-0.2, -0.15) is 105 Å². The van der Waals surface area contributed by atoms with Crippen LogP contribution in [0.25, 0.3) is 44.5 Å². The van der Waals surface area contributed by atoms with Crippen LogP contribution in [0, 0.1) is 0 Å². The van der Waals surface area contributed by atoms with Gasteiger partial charge in [0.1, 0.15) is 0 Å². The first-order valence-corrected chi connectivity index (χ1v) is 19.1. The Hall–Kier alpha value is -7.09. The Morgan fingerprint density at radius 2 is 0.361 bits per heavy atom. The molecule has 0 saturated heterocycles. The van der Waals surface area contributed by atoms with Gasteiger partial charge in [0.25, 0.3) is 0 Å². The van der Waals surface area contributed by atoms with E-state index in [-0.39, 0.29) is 72.8 Å². The van der Waals surface area contributed by atoms with Crippen LogP contribution in [0.1, 0.15) is 44.5 Å². The zero-order valence-electron chi connectivity index (χ0n) is 34.4.